The van der Waals surface area contributed by atoms with Crippen LogP contribution in [-0.2, 0) is 18.3 Å². The number of hydrogen-bond donors (Lipinski definition) is 1. The van der Waals surface area contributed by atoms with Crippen molar-refractivity contribution in [1.82, 2.24) is 14.8 Å². The summed E-state index contributed by atoms with van der Waals surface area (Å²) in [6, 6.07) is 2.70. The summed E-state index contributed by atoms with van der Waals surface area (Å²) in [6.45, 7) is 8.28. The van der Waals surface area contributed by atoms with E-state index in [4.69, 9.17) is 4.74 Å². The summed E-state index contributed by atoms with van der Waals surface area (Å²) in [5.41, 5.74) is 0.904. The maximum atomic E-state index is 12.0. The molecule has 21 heavy (non-hydrogen) atoms. The van der Waals surface area contributed by atoms with E-state index in [1.54, 1.807) is 0 Å². The molecule has 5 nitrogen and oxygen atoms in total. The van der Waals surface area contributed by atoms with Gasteiger partial charge in [-0.15, -0.1) is 0 Å². The first kappa shape index (κ1) is 14.4. The van der Waals surface area contributed by atoms with Crippen LogP contribution in [0.4, 0.5) is 4.79 Å². The van der Waals surface area contributed by atoms with Crippen LogP contribution >= 0.6 is 0 Å². The molecule has 2 unspecified atom stereocenters. The van der Waals surface area contributed by atoms with Crippen LogP contribution in [0.2, 0.25) is 0 Å². The molecule has 1 aliphatic heterocycles. The first-order valence-electron chi connectivity index (χ1n) is 7.66. The van der Waals surface area contributed by atoms with E-state index in [2.05, 4.69) is 28.3 Å². The quantitative estimate of drug-likeness (QED) is 0.926. The number of aromatic nitrogens is 1. The molecular formula is C16H25N3O2. The van der Waals surface area contributed by atoms with Gasteiger partial charge < -0.3 is 19.5 Å². The fraction of sp³-hybridized carbons (Fsp3) is 0.688. The highest BCUT2D eigenvalue weighted by atomic mass is 16.6. The zero-order valence-electron chi connectivity index (χ0n) is 13.3. The van der Waals surface area contributed by atoms with Crippen LogP contribution in [0.15, 0.2) is 18.5 Å². The number of carbonyl (C=O) groups excluding carboxylic acids is 1. The average molecular weight is 291 g/mol. The predicted molar refractivity (Wildman–Crippen MR) is 80.8 cm³/mol. The summed E-state index contributed by atoms with van der Waals surface area (Å²) in [5.74, 6) is 1.20. The lowest BCUT2D eigenvalue weighted by Crippen LogP contribution is -2.39. The fourth-order valence-corrected chi connectivity index (χ4v) is 3.21. The molecule has 0 aromatic carbocycles. The minimum absolute atomic E-state index is 0.170. The van der Waals surface area contributed by atoms with Crippen molar-refractivity contribution < 1.29 is 9.53 Å². The second-order valence-corrected chi connectivity index (χ2v) is 7.30. The minimum Gasteiger partial charge on any atom is -0.444 e. The van der Waals surface area contributed by atoms with Crippen molar-refractivity contribution in [3.63, 3.8) is 0 Å². The Morgan fingerprint density at radius 2 is 2.05 bits per heavy atom. The van der Waals surface area contributed by atoms with Crippen molar-refractivity contribution in [3.05, 3.63) is 24.0 Å². The molecule has 1 aromatic heterocycles. The van der Waals surface area contributed by atoms with Crippen LogP contribution in [-0.4, -0.2) is 40.3 Å². The Bertz CT molecular complexity index is 520. The molecule has 0 spiro atoms. The van der Waals surface area contributed by atoms with E-state index in [1.807, 2.05) is 32.7 Å². The number of ether oxygens (including phenoxy) is 1. The number of rotatable bonds is 3. The lowest BCUT2D eigenvalue weighted by molar-refractivity contribution is 0.0269. The standard InChI is InChI=1S/C16H25N3O2/c1-16(2,3)21-15(20)19-9-12-13(10-19)14(12)17-7-11-5-6-18(4)8-11/h5-6,8,12-14,17H,7,9-10H2,1-4H3. The number of fused-ring (bicyclic) bond motifs is 1. The van der Waals surface area contributed by atoms with Gasteiger partial charge in [0.25, 0.3) is 0 Å². The van der Waals surface area contributed by atoms with Crippen molar-refractivity contribution in [2.45, 2.75) is 39.0 Å². The van der Waals surface area contributed by atoms with Crippen LogP contribution in [0.3, 0.4) is 0 Å². The van der Waals surface area contributed by atoms with Gasteiger partial charge in [0.1, 0.15) is 5.60 Å². The first-order chi connectivity index (χ1) is 9.83. The summed E-state index contributed by atoms with van der Waals surface area (Å²) < 4.78 is 7.49. The van der Waals surface area contributed by atoms with Crippen LogP contribution in [0.1, 0.15) is 26.3 Å². The third-order valence-electron chi connectivity index (χ3n) is 4.28. The molecule has 1 amide bonds. The van der Waals surface area contributed by atoms with Gasteiger partial charge in [-0.3, -0.25) is 0 Å². The topological polar surface area (TPSA) is 46.5 Å². The number of nitrogens with zero attached hydrogens (tertiary/aromatic N) is 2. The van der Waals surface area contributed by atoms with Gasteiger partial charge in [-0.25, -0.2) is 4.79 Å². The Labute approximate surface area is 126 Å². The number of hydrogen-bond acceptors (Lipinski definition) is 3. The SMILES string of the molecule is Cn1ccc(CNC2C3CN(C(=O)OC(C)(C)C)CC32)c1. The van der Waals surface area contributed by atoms with E-state index >= 15 is 0 Å². The first-order valence-corrected chi connectivity index (χ1v) is 7.66. The summed E-state index contributed by atoms with van der Waals surface area (Å²) in [4.78, 5) is 13.8. The lowest BCUT2D eigenvalue weighted by Gasteiger charge is -2.26. The highest BCUT2D eigenvalue weighted by molar-refractivity contribution is 5.69. The Morgan fingerprint density at radius 1 is 1.38 bits per heavy atom. The second-order valence-electron chi connectivity index (χ2n) is 7.30. The van der Waals surface area contributed by atoms with Gasteiger partial charge in [-0.2, -0.15) is 0 Å². The van der Waals surface area contributed by atoms with Gasteiger partial charge in [0, 0.05) is 45.1 Å². The van der Waals surface area contributed by atoms with Gasteiger partial charge in [-0.1, -0.05) is 0 Å². The van der Waals surface area contributed by atoms with E-state index in [-0.39, 0.29) is 6.09 Å². The minimum atomic E-state index is -0.408. The van der Waals surface area contributed by atoms with Crippen molar-refractivity contribution in [3.8, 4) is 0 Å². The van der Waals surface area contributed by atoms with Crippen LogP contribution in [0.5, 0.6) is 0 Å². The normalized spacial score (nSPS) is 27.6. The van der Waals surface area contributed by atoms with Crippen LogP contribution in [0, 0.1) is 11.8 Å². The van der Waals surface area contributed by atoms with Gasteiger partial charge in [0.05, 0.1) is 0 Å². The molecule has 1 N–H and O–H groups in total. The van der Waals surface area contributed by atoms with Crippen molar-refractivity contribution in [1.29, 1.82) is 0 Å². The van der Waals surface area contributed by atoms with Gasteiger partial charge >= 0.3 is 6.09 Å². The van der Waals surface area contributed by atoms with Crippen molar-refractivity contribution in [2.75, 3.05) is 13.1 Å². The van der Waals surface area contributed by atoms with Crippen LogP contribution in [0.25, 0.3) is 0 Å². The number of aryl methyl sites for hydroxylation is 1. The number of piperidine rings is 1. The highest BCUT2D eigenvalue weighted by Crippen LogP contribution is 2.45. The fourth-order valence-electron chi connectivity index (χ4n) is 3.21. The number of amides is 1. The zero-order valence-corrected chi connectivity index (χ0v) is 13.3. The molecule has 116 valence electrons. The van der Waals surface area contributed by atoms with E-state index < -0.39 is 5.60 Å². The molecule has 1 aromatic rings. The monoisotopic (exact) mass is 291 g/mol. The summed E-state index contributed by atoms with van der Waals surface area (Å²) in [6.07, 6.45) is 4.03. The Kier molecular flexibility index (Phi) is 3.48. The zero-order chi connectivity index (χ0) is 15.2. The summed E-state index contributed by atoms with van der Waals surface area (Å²) >= 11 is 0. The van der Waals surface area contributed by atoms with Gasteiger partial charge in [0.15, 0.2) is 0 Å². The molecule has 1 saturated heterocycles. The van der Waals surface area contributed by atoms with E-state index in [1.165, 1.54) is 5.56 Å². The molecule has 2 heterocycles. The number of carbonyl (C=O) groups is 1. The Balaban J connectivity index is 1.43. The molecular weight excluding hydrogens is 266 g/mol. The number of likely N-dealkylation sites (tertiary alicyclic amines) is 1. The smallest absolute Gasteiger partial charge is 0.410 e. The van der Waals surface area contributed by atoms with E-state index in [0.29, 0.717) is 17.9 Å². The maximum absolute atomic E-state index is 12.0. The van der Waals surface area contributed by atoms with Gasteiger partial charge in [0.2, 0.25) is 0 Å². The molecule has 0 radical (unpaired) electrons. The third-order valence-corrected chi connectivity index (χ3v) is 4.28. The van der Waals surface area contributed by atoms with Crippen molar-refractivity contribution in [2.24, 2.45) is 18.9 Å². The predicted octanol–water partition coefficient (Wildman–Crippen LogP) is 1.98. The van der Waals surface area contributed by atoms with Crippen molar-refractivity contribution >= 4 is 6.09 Å². The summed E-state index contributed by atoms with van der Waals surface area (Å²) in [7, 11) is 2.04. The molecule has 1 saturated carbocycles. The summed E-state index contributed by atoms with van der Waals surface area (Å²) in [5, 5.41) is 3.60. The molecule has 2 fully saturated rings. The highest BCUT2D eigenvalue weighted by Gasteiger charge is 2.56. The Morgan fingerprint density at radius 3 is 2.57 bits per heavy atom. The third kappa shape index (κ3) is 3.23. The van der Waals surface area contributed by atoms with E-state index in [9.17, 15) is 4.79 Å². The second kappa shape index (κ2) is 5.05. The van der Waals surface area contributed by atoms with E-state index in [0.717, 1.165) is 19.6 Å². The number of nitrogens with one attached hydrogen (secondary N) is 1. The maximum Gasteiger partial charge on any atom is 0.410 e. The molecule has 2 aliphatic rings. The molecule has 1 aliphatic carbocycles. The molecule has 3 rings (SSSR count). The van der Waals surface area contributed by atoms with Crippen LogP contribution < -0.4 is 5.32 Å². The molecule has 2 atom stereocenters. The molecule has 0 bridgehead atoms. The lowest BCUT2D eigenvalue weighted by atomic mass is 10.2. The van der Waals surface area contributed by atoms with Gasteiger partial charge in [-0.05, 0) is 44.2 Å². The Hall–Kier alpha value is -1.49. The largest absolute Gasteiger partial charge is 0.444 e. The average Bonchev–Trinajstić information content (AvgIpc) is 2.77. The molecule has 5 heteroatoms.